The van der Waals surface area contributed by atoms with Crippen molar-refractivity contribution in [1.29, 1.82) is 0 Å². The highest BCUT2D eigenvalue weighted by Gasteiger charge is 2.49. The number of ether oxygens (including phenoxy) is 1. The van der Waals surface area contributed by atoms with E-state index in [4.69, 9.17) is 16.3 Å². The van der Waals surface area contributed by atoms with Gasteiger partial charge in [-0.15, -0.1) is 0 Å². The maximum atomic E-state index is 14.5. The largest absolute Gasteiger partial charge is 0.490 e. The Morgan fingerprint density at radius 3 is 2.73 bits per heavy atom. The number of carbonyl (C=O) groups is 1. The van der Waals surface area contributed by atoms with E-state index >= 15 is 0 Å². The highest BCUT2D eigenvalue weighted by molar-refractivity contribution is 7.90. The van der Waals surface area contributed by atoms with Gasteiger partial charge in [-0.05, 0) is 111 Å². The van der Waals surface area contributed by atoms with Crippen molar-refractivity contribution >= 4 is 33.2 Å². The molecule has 1 spiro atoms. The molecule has 2 aliphatic carbocycles. The molecular weight excluding hydrogens is 653 g/mol. The van der Waals surface area contributed by atoms with Crippen LogP contribution in [0.15, 0.2) is 66.7 Å². The van der Waals surface area contributed by atoms with Crippen LogP contribution in [0.2, 0.25) is 5.02 Å². The maximum Gasteiger partial charge on any atom is 0.264 e. The molecule has 0 unspecified atom stereocenters. The van der Waals surface area contributed by atoms with Crippen LogP contribution >= 0.6 is 11.6 Å². The first-order valence-corrected chi connectivity index (χ1v) is 18.7. The average Bonchev–Trinajstić information content (AvgIpc) is 3.18. The summed E-state index contributed by atoms with van der Waals surface area (Å²) in [6.45, 7) is 4.91. The molecule has 8 nitrogen and oxygen atoms in total. The minimum atomic E-state index is -4.05. The fourth-order valence-corrected chi connectivity index (χ4v) is 9.66. The first-order valence-electron chi connectivity index (χ1n) is 16.8. The molecule has 4 aliphatic rings. The van der Waals surface area contributed by atoms with Crippen molar-refractivity contribution in [3.8, 4) is 5.75 Å². The number of anilines is 1. The van der Waals surface area contributed by atoms with Crippen LogP contribution in [0, 0.1) is 23.7 Å². The van der Waals surface area contributed by atoms with E-state index in [9.17, 15) is 22.7 Å². The summed E-state index contributed by atoms with van der Waals surface area (Å²) >= 11 is 6.42. The third-order valence-corrected chi connectivity index (χ3v) is 13.4. The molecule has 48 heavy (non-hydrogen) atoms. The van der Waals surface area contributed by atoms with Gasteiger partial charge in [-0.2, -0.15) is 4.39 Å². The zero-order valence-corrected chi connectivity index (χ0v) is 28.7. The SMILES string of the molecule is C[C@@H]1[C@@H](C)C/C=C\[C@](O)(c2cccc(F)n2)[C@@H]2CC[C@H]2CN2C[C@@]3(CCCc4cc(Cl)ccc43)COc3ccc(cc32)C(=O)NS1(=O)=O. The number of hydrogen-bond acceptors (Lipinski definition) is 7. The minimum Gasteiger partial charge on any atom is -0.490 e. The van der Waals surface area contributed by atoms with Crippen LogP contribution < -0.4 is 14.4 Å². The van der Waals surface area contributed by atoms with Crippen molar-refractivity contribution in [2.75, 3.05) is 24.6 Å². The summed E-state index contributed by atoms with van der Waals surface area (Å²) in [6, 6.07) is 15.6. The molecule has 1 aromatic heterocycles. The molecule has 2 aliphatic heterocycles. The number of hydrogen-bond donors (Lipinski definition) is 2. The van der Waals surface area contributed by atoms with Gasteiger partial charge in [0, 0.05) is 35.0 Å². The summed E-state index contributed by atoms with van der Waals surface area (Å²) in [5.41, 5.74) is 1.59. The monoisotopic (exact) mass is 693 g/mol. The van der Waals surface area contributed by atoms with Crippen molar-refractivity contribution in [3.63, 3.8) is 0 Å². The third-order valence-electron chi connectivity index (χ3n) is 11.3. The number of aryl methyl sites for hydroxylation is 1. The van der Waals surface area contributed by atoms with Gasteiger partial charge in [-0.3, -0.25) is 4.79 Å². The number of allylic oxidation sites excluding steroid dienone is 1. The van der Waals surface area contributed by atoms with E-state index in [1.54, 1.807) is 56.3 Å². The van der Waals surface area contributed by atoms with Gasteiger partial charge in [0.1, 0.15) is 11.4 Å². The van der Waals surface area contributed by atoms with Crippen molar-refractivity contribution in [3.05, 3.63) is 100 Å². The number of nitrogens with zero attached hydrogens (tertiary/aromatic N) is 2. The first-order chi connectivity index (χ1) is 22.9. The second-order valence-corrected chi connectivity index (χ2v) is 16.7. The normalized spacial score (nSPS) is 32.1. The Balaban J connectivity index is 1.35. The molecule has 0 saturated heterocycles. The van der Waals surface area contributed by atoms with E-state index in [0.717, 1.165) is 25.7 Å². The number of amides is 1. The Labute approximate surface area is 286 Å². The molecule has 7 rings (SSSR count). The lowest BCUT2D eigenvalue weighted by Gasteiger charge is -2.49. The third kappa shape index (κ3) is 5.90. The Morgan fingerprint density at radius 1 is 1.12 bits per heavy atom. The fraction of sp³-hybridized carbons (Fsp3) is 0.459. The van der Waals surface area contributed by atoms with Gasteiger partial charge in [-0.1, -0.05) is 42.8 Å². The molecule has 0 radical (unpaired) electrons. The predicted octanol–water partition coefficient (Wildman–Crippen LogP) is 6.31. The number of rotatable bonds is 1. The molecule has 1 saturated carbocycles. The second-order valence-electron chi connectivity index (χ2n) is 14.2. The van der Waals surface area contributed by atoms with Crippen molar-refractivity contribution < 1.29 is 27.4 Å². The van der Waals surface area contributed by atoms with Gasteiger partial charge in [-0.25, -0.2) is 18.1 Å². The summed E-state index contributed by atoms with van der Waals surface area (Å²) in [6.07, 6.45) is 8.08. The second kappa shape index (κ2) is 12.4. The lowest BCUT2D eigenvalue weighted by molar-refractivity contribution is -0.0533. The van der Waals surface area contributed by atoms with Crippen LogP contribution in [0.3, 0.4) is 0 Å². The van der Waals surface area contributed by atoms with Crippen LogP contribution in [-0.4, -0.2) is 49.4 Å². The fourth-order valence-electron chi connectivity index (χ4n) is 8.18. The molecule has 3 heterocycles. The summed E-state index contributed by atoms with van der Waals surface area (Å²) < 4.78 is 50.2. The predicted molar refractivity (Wildman–Crippen MR) is 183 cm³/mol. The summed E-state index contributed by atoms with van der Waals surface area (Å²) in [5, 5.41) is 12.2. The van der Waals surface area contributed by atoms with Crippen LogP contribution in [-0.2, 0) is 27.5 Å². The first kappa shape index (κ1) is 33.0. The topological polar surface area (TPSA) is 109 Å². The number of benzene rings is 2. The number of sulfonamides is 1. The Morgan fingerprint density at radius 2 is 1.96 bits per heavy atom. The van der Waals surface area contributed by atoms with Crippen molar-refractivity contribution in [1.82, 2.24) is 9.71 Å². The number of fused-ring (bicyclic) bond motifs is 4. The Bertz CT molecular complexity index is 1890. The van der Waals surface area contributed by atoms with Gasteiger partial charge in [0.2, 0.25) is 16.0 Å². The molecule has 6 atom stereocenters. The molecule has 2 N–H and O–H groups in total. The molecule has 2 bridgehead atoms. The summed E-state index contributed by atoms with van der Waals surface area (Å²) in [4.78, 5) is 19.9. The van der Waals surface area contributed by atoms with Gasteiger partial charge >= 0.3 is 0 Å². The van der Waals surface area contributed by atoms with Crippen molar-refractivity contribution in [2.45, 2.75) is 68.6 Å². The van der Waals surface area contributed by atoms with E-state index in [1.807, 2.05) is 12.1 Å². The molecule has 2 aromatic carbocycles. The van der Waals surface area contributed by atoms with E-state index in [0.29, 0.717) is 49.0 Å². The average molecular weight is 694 g/mol. The Hall–Kier alpha value is -3.47. The van der Waals surface area contributed by atoms with E-state index in [1.165, 1.54) is 17.2 Å². The van der Waals surface area contributed by atoms with E-state index in [-0.39, 0.29) is 34.4 Å². The van der Waals surface area contributed by atoms with Gasteiger partial charge in [0.25, 0.3) is 5.91 Å². The lowest BCUT2D eigenvalue weighted by atomic mass is 9.63. The van der Waals surface area contributed by atoms with Gasteiger partial charge < -0.3 is 14.7 Å². The summed E-state index contributed by atoms with van der Waals surface area (Å²) in [7, 11) is -4.05. The molecular formula is C37H41ClFN3O5S. The standard InChI is InChI=1S/C37H41ClFN3O5S/c1-23-6-4-17-37(44,33-8-3-9-34(39)40-33)30-13-10-27(30)20-42-21-36(16-5-7-25-18-28(38)12-14-29(25)36)22-47-32-15-11-26(19-31(32)42)35(43)41-48(45,46)24(23)2/h3-4,8-9,11-12,14-15,17-19,23-24,27,30,44H,5-7,10,13,16,20-22H2,1-2H3,(H,41,43)/b17-4-/t23-,24+,27-,30+,36-,37+/m0/s1. The highest BCUT2D eigenvalue weighted by Crippen LogP contribution is 2.50. The quantitative estimate of drug-likeness (QED) is 0.227. The zero-order valence-electron chi connectivity index (χ0n) is 27.2. The number of aromatic nitrogens is 1. The highest BCUT2D eigenvalue weighted by atomic mass is 35.5. The maximum absolute atomic E-state index is 14.5. The number of aliphatic hydroxyl groups is 1. The van der Waals surface area contributed by atoms with Crippen molar-refractivity contribution in [2.24, 2.45) is 17.8 Å². The molecule has 1 amide bonds. The van der Waals surface area contributed by atoms with Gasteiger partial charge in [0.05, 0.1) is 23.2 Å². The van der Waals surface area contributed by atoms with Crippen LogP contribution in [0.4, 0.5) is 10.1 Å². The summed E-state index contributed by atoms with van der Waals surface area (Å²) in [5.74, 6) is -1.42. The Kier molecular flexibility index (Phi) is 8.57. The van der Waals surface area contributed by atoms with E-state index < -0.39 is 32.7 Å². The van der Waals surface area contributed by atoms with E-state index in [2.05, 4.69) is 20.7 Å². The van der Waals surface area contributed by atoms with Crippen LogP contribution in [0.25, 0.3) is 0 Å². The molecule has 3 aromatic rings. The zero-order chi connectivity index (χ0) is 33.8. The molecule has 1 fully saturated rings. The molecule has 254 valence electrons. The smallest absolute Gasteiger partial charge is 0.264 e. The van der Waals surface area contributed by atoms with Crippen LogP contribution in [0.5, 0.6) is 5.75 Å². The lowest BCUT2D eigenvalue weighted by Crippen LogP contribution is -2.51. The number of pyridine rings is 1. The minimum absolute atomic E-state index is 0.00288. The number of halogens is 2. The van der Waals surface area contributed by atoms with Gasteiger partial charge in [0.15, 0.2) is 0 Å². The number of nitrogens with one attached hydrogen (secondary N) is 1. The number of carbonyl (C=O) groups excluding carboxylic acids is 1. The van der Waals surface area contributed by atoms with Crippen LogP contribution in [0.1, 0.15) is 73.1 Å². The molecule has 11 heteroatoms.